The van der Waals surface area contributed by atoms with E-state index in [4.69, 9.17) is 4.74 Å². The number of aromatic nitrogens is 4. The van der Waals surface area contributed by atoms with Crippen molar-refractivity contribution in [1.82, 2.24) is 19.9 Å². The molecule has 1 aromatic carbocycles. The quantitative estimate of drug-likeness (QED) is 0.769. The van der Waals surface area contributed by atoms with Crippen LogP contribution >= 0.6 is 0 Å². The molecule has 0 atom stereocenters. The van der Waals surface area contributed by atoms with Crippen molar-refractivity contribution in [3.8, 4) is 0 Å². The van der Waals surface area contributed by atoms with Gasteiger partial charge in [-0.05, 0) is 18.2 Å². The zero-order chi connectivity index (χ0) is 14.8. The van der Waals surface area contributed by atoms with Gasteiger partial charge in [-0.2, -0.15) is 4.98 Å². The minimum absolute atomic E-state index is 0.654. The molecule has 0 bridgehead atoms. The number of fused-ring (bicyclic) bond motifs is 1. The molecule has 0 amide bonds. The van der Waals surface area contributed by atoms with Crippen LogP contribution in [0, 0.1) is 0 Å². The summed E-state index contributed by atoms with van der Waals surface area (Å²) in [5, 5.41) is 3.28. The Labute approximate surface area is 127 Å². The maximum Gasteiger partial charge on any atom is 0.207 e. The van der Waals surface area contributed by atoms with Crippen LogP contribution < -0.4 is 10.2 Å². The van der Waals surface area contributed by atoms with Crippen LogP contribution in [0.15, 0.2) is 36.8 Å². The summed E-state index contributed by atoms with van der Waals surface area (Å²) < 4.78 is 5.40. The maximum atomic E-state index is 5.40. The van der Waals surface area contributed by atoms with E-state index in [0.717, 1.165) is 37.5 Å². The number of anilines is 3. The molecule has 7 heteroatoms. The lowest BCUT2D eigenvalue weighted by molar-refractivity contribution is 0.122. The van der Waals surface area contributed by atoms with Crippen molar-refractivity contribution in [2.75, 3.05) is 36.5 Å². The molecular weight excluding hydrogens is 280 g/mol. The highest BCUT2D eigenvalue weighted by atomic mass is 16.5. The van der Waals surface area contributed by atoms with E-state index in [2.05, 4.69) is 42.3 Å². The normalized spacial score (nSPS) is 15.2. The topological polar surface area (TPSA) is 79.0 Å². The van der Waals surface area contributed by atoms with Crippen molar-refractivity contribution in [3.63, 3.8) is 0 Å². The summed E-state index contributed by atoms with van der Waals surface area (Å²) in [7, 11) is 0. The molecule has 0 aliphatic carbocycles. The van der Waals surface area contributed by atoms with Gasteiger partial charge in [0, 0.05) is 24.5 Å². The van der Waals surface area contributed by atoms with Crippen molar-refractivity contribution < 1.29 is 4.74 Å². The molecule has 0 spiro atoms. The summed E-state index contributed by atoms with van der Waals surface area (Å²) in [5.41, 5.74) is 3.64. The van der Waals surface area contributed by atoms with E-state index >= 15 is 0 Å². The van der Waals surface area contributed by atoms with Crippen LogP contribution in [-0.2, 0) is 4.74 Å². The highest BCUT2D eigenvalue weighted by Gasteiger charge is 2.11. The van der Waals surface area contributed by atoms with Gasteiger partial charge in [0.2, 0.25) is 5.95 Å². The van der Waals surface area contributed by atoms with Crippen LogP contribution in [0.2, 0.25) is 0 Å². The lowest BCUT2D eigenvalue weighted by Gasteiger charge is -2.29. The molecule has 2 N–H and O–H groups in total. The Morgan fingerprint density at radius 2 is 2.14 bits per heavy atom. The van der Waals surface area contributed by atoms with Gasteiger partial charge in [-0.3, -0.25) is 0 Å². The summed E-state index contributed by atoms with van der Waals surface area (Å²) in [6.45, 7) is 3.40. The van der Waals surface area contributed by atoms with Crippen molar-refractivity contribution in [3.05, 3.63) is 36.8 Å². The van der Waals surface area contributed by atoms with Crippen molar-refractivity contribution in [2.24, 2.45) is 0 Å². The third-order valence-electron chi connectivity index (χ3n) is 3.65. The number of aromatic amines is 1. The van der Waals surface area contributed by atoms with Crippen LogP contribution in [0.4, 0.5) is 17.3 Å². The molecule has 1 aliphatic heterocycles. The first kappa shape index (κ1) is 13.0. The molecule has 22 heavy (non-hydrogen) atoms. The molecule has 3 aromatic rings. The summed E-state index contributed by atoms with van der Waals surface area (Å²) >= 11 is 0. The average Bonchev–Trinajstić information content (AvgIpc) is 2.98. The van der Waals surface area contributed by atoms with E-state index in [1.165, 1.54) is 12.0 Å². The van der Waals surface area contributed by atoms with Gasteiger partial charge >= 0.3 is 0 Å². The standard InChI is InChI=1S/C15H16N6O/c1-2-11(8-12(3-1)21-4-6-22-7-5-21)18-15-19-13-9-16-10-17-14(13)20-15/h1-3,8-10H,4-7H2,(H2,16,17,18,19,20). The number of imidazole rings is 1. The smallest absolute Gasteiger partial charge is 0.207 e. The van der Waals surface area contributed by atoms with Gasteiger partial charge in [0.15, 0.2) is 5.65 Å². The fraction of sp³-hybridized carbons (Fsp3) is 0.267. The molecule has 2 aromatic heterocycles. The number of nitrogens with one attached hydrogen (secondary N) is 2. The minimum atomic E-state index is 0.654. The highest BCUT2D eigenvalue weighted by molar-refractivity contribution is 5.74. The number of morpholine rings is 1. The van der Waals surface area contributed by atoms with Crippen LogP contribution in [0.3, 0.4) is 0 Å². The minimum Gasteiger partial charge on any atom is -0.378 e. The Morgan fingerprint density at radius 1 is 1.23 bits per heavy atom. The number of ether oxygens (including phenoxy) is 1. The van der Waals surface area contributed by atoms with Gasteiger partial charge < -0.3 is 19.9 Å². The lowest BCUT2D eigenvalue weighted by Crippen LogP contribution is -2.36. The molecule has 1 saturated heterocycles. The van der Waals surface area contributed by atoms with Gasteiger partial charge in [-0.15, -0.1) is 0 Å². The van der Waals surface area contributed by atoms with Gasteiger partial charge in [-0.1, -0.05) is 6.07 Å². The maximum absolute atomic E-state index is 5.40. The molecule has 0 unspecified atom stereocenters. The third-order valence-corrected chi connectivity index (χ3v) is 3.65. The molecular formula is C15H16N6O. The molecule has 112 valence electrons. The van der Waals surface area contributed by atoms with Crippen molar-refractivity contribution in [1.29, 1.82) is 0 Å². The summed E-state index contributed by atoms with van der Waals surface area (Å²) in [6.07, 6.45) is 3.21. The van der Waals surface area contributed by atoms with Gasteiger partial charge in [0.05, 0.1) is 19.4 Å². The summed E-state index contributed by atoms with van der Waals surface area (Å²) in [4.78, 5) is 18.0. The molecule has 1 aliphatic rings. The largest absolute Gasteiger partial charge is 0.378 e. The Kier molecular flexibility index (Phi) is 3.32. The summed E-state index contributed by atoms with van der Waals surface area (Å²) in [5.74, 6) is 0.662. The number of benzene rings is 1. The molecule has 0 saturated carbocycles. The second-order valence-electron chi connectivity index (χ2n) is 5.12. The monoisotopic (exact) mass is 296 g/mol. The second kappa shape index (κ2) is 5.61. The van der Waals surface area contributed by atoms with Gasteiger partial charge in [0.25, 0.3) is 0 Å². The molecule has 7 nitrogen and oxygen atoms in total. The van der Waals surface area contributed by atoms with E-state index in [1.54, 1.807) is 6.20 Å². The van der Waals surface area contributed by atoms with Crippen LogP contribution in [0.5, 0.6) is 0 Å². The fourth-order valence-corrected chi connectivity index (χ4v) is 2.56. The summed E-state index contributed by atoms with van der Waals surface area (Å²) in [6, 6.07) is 8.28. The second-order valence-corrected chi connectivity index (χ2v) is 5.12. The average molecular weight is 296 g/mol. The number of hydrogen-bond donors (Lipinski definition) is 2. The first-order valence-electron chi connectivity index (χ1n) is 7.24. The van der Waals surface area contributed by atoms with E-state index in [-0.39, 0.29) is 0 Å². The van der Waals surface area contributed by atoms with Gasteiger partial charge in [0.1, 0.15) is 11.8 Å². The number of rotatable bonds is 3. The molecule has 1 fully saturated rings. The molecule has 0 radical (unpaired) electrons. The number of H-pyrrole nitrogens is 1. The van der Waals surface area contributed by atoms with Gasteiger partial charge in [-0.25, -0.2) is 9.97 Å². The SMILES string of the molecule is c1cc(Nc2nc3ncncc3[nH]2)cc(N2CCOCC2)c1. The first-order valence-corrected chi connectivity index (χ1v) is 7.24. The Balaban J connectivity index is 1.57. The van der Waals surface area contributed by atoms with Crippen LogP contribution in [0.25, 0.3) is 11.2 Å². The number of nitrogens with zero attached hydrogens (tertiary/aromatic N) is 4. The van der Waals surface area contributed by atoms with Crippen LogP contribution in [-0.4, -0.2) is 46.2 Å². The van der Waals surface area contributed by atoms with Crippen LogP contribution in [0.1, 0.15) is 0 Å². The van der Waals surface area contributed by atoms with Crippen molar-refractivity contribution >= 4 is 28.5 Å². The van der Waals surface area contributed by atoms with E-state index in [9.17, 15) is 0 Å². The predicted octanol–water partition coefficient (Wildman–Crippen LogP) is 1.93. The zero-order valence-corrected chi connectivity index (χ0v) is 12.0. The Bertz CT molecular complexity index is 747. The lowest BCUT2D eigenvalue weighted by atomic mass is 10.2. The predicted molar refractivity (Wildman–Crippen MR) is 84.4 cm³/mol. The zero-order valence-electron chi connectivity index (χ0n) is 12.0. The third kappa shape index (κ3) is 2.58. The van der Waals surface area contributed by atoms with E-state index in [0.29, 0.717) is 11.6 Å². The first-order chi connectivity index (χ1) is 10.9. The highest BCUT2D eigenvalue weighted by Crippen LogP contribution is 2.23. The molecule has 3 heterocycles. The number of hydrogen-bond acceptors (Lipinski definition) is 6. The Hall–Kier alpha value is -2.67. The fourth-order valence-electron chi connectivity index (χ4n) is 2.56. The molecule has 4 rings (SSSR count). The van der Waals surface area contributed by atoms with E-state index < -0.39 is 0 Å². The van der Waals surface area contributed by atoms with E-state index in [1.807, 2.05) is 12.1 Å². The Morgan fingerprint density at radius 3 is 3.00 bits per heavy atom. The van der Waals surface area contributed by atoms with Crippen molar-refractivity contribution in [2.45, 2.75) is 0 Å².